The molecule has 1 heterocycles. The SMILES string of the molecule is CCC(C)C(CCN1CCOCC1)(C(=O)O)c1cccc2ccccc12.Cl. The number of rotatable bonds is 7. The highest BCUT2D eigenvalue weighted by Gasteiger charge is 2.45. The first-order chi connectivity index (χ1) is 12.6. The first-order valence-electron chi connectivity index (χ1n) is 9.61. The van der Waals surface area contributed by atoms with Crippen LogP contribution in [0.4, 0.5) is 0 Å². The molecule has 0 saturated carbocycles. The summed E-state index contributed by atoms with van der Waals surface area (Å²) in [6.07, 6.45) is 1.45. The van der Waals surface area contributed by atoms with Crippen LogP contribution >= 0.6 is 12.4 Å². The Morgan fingerprint density at radius 3 is 2.52 bits per heavy atom. The molecule has 0 amide bonds. The van der Waals surface area contributed by atoms with Crippen LogP contribution in [0.5, 0.6) is 0 Å². The average molecular weight is 392 g/mol. The van der Waals surface area contributed by atoms with Gasteiger partial charge in [-0.1, -0.05) is 62.7 Å². The second-order valence-electron chi connectivity index (χ2n) is 7.32. The number of hydrogen-bond donors (Lipinski definition) is 1. The molecule has 148 valence electrons. The van der Waals surface area contributed by atoms with Gasteiger partial charge >= 0.3 is 5.97 Å². The van der Waals surface area contributed by atoms with Gasteiger partial charge in [0.15, 0.2) is 0 Å². The molecule has 0 bridgehead atoms. The molecule has 1 fully saturated rings. The van der Waals surface area contributed by atoms with Crippen molar-refractivity contribution in [2.75, 3.05) is 32.8 Å². The number of fused-ring (bicyclic) bond motifs is 1. The number of carboxylic acids is 1. The number of aliphatic carboxylic acids is 1. The van der Waals surface area contributed by atoms with Crippen LogP contribution in [-0.4, -0.2) is 48.8 Å². The summed E-state index contributed by atoms with van der Waals surface area (Å²) in [4.78, 5) is 15.0. The lowest BCUT2D eigenvalue weighted by molar-refractivity contribution is -0.146. The van der Waals surface area contributed by atoms with Crippen LogP contribution in [-0.2, 0) is 14.9 Å². The van der Waals surface area contributed by atoms with Gasteiger partial charge in [0, 0.05) is 13.1 Å². The van der Waals surface area contributed by atoms with Crippen LogP contribution in [0.3, 0.4) is 0 Å². The van der Waals surface area contributed by atoms with Gasteiger partial charge in [-0.3, -0.25) is 9.69 Å². The van der Waals surface area contributed by atoms with Gasteiger partial charge in [-0.25, -0.2) is 0 Å². The summed E-state index contributed by atoms with van der Waals surface area (Å²) in [6.45, 7) is 8.17. The van der Waals surface area contributed by atoms with Crippen LogP contribution in [0.15, 0.2) is 42.5 Å². The quantitative estimate of drug-likeness (QED) is 0.762. The van der Waals surface area contributed by atoms with E-state index in [2.05, 4.69) is 36.9 Å². The highest BCUT2D eigenvalue weighted by Crippen LogP contribution is 2.41. The molecule has 27 heavy (non-hydrogen) atoms. The number of morpholine rings is 1. The molecular weight excluding hydrogens is 362 g/mol. The van der Waals surface area contributed by atoms with Crippen molar-refractivity contribution < 1.29 is 14.6 Å². The third kappa shape index (κ3) is 4.29. The van der Waals surface area contributed by atoms with Crippen LogP contribution < -0.4 is 0 Å². The molecule has 0 aromatic heterocycles. The Labute approximate surface area is 167 Å². The van der Waals surface area contributed by atoms with E-state index in [-0.39, 0.29) is 18.3 Å². The van der Waals surface area contributed by atoms with Gasteiger partial charge in [0.2, 0.25) is 0 Å². The van der Waals surface area contributed by atoms with E-state index in [4.69, 9.17) is 4.74 Å². The first kappa shape index (κ1) is 21.7. The Hall–Kier alpha value is -1.62. The molecular formula is C22H30ClNO3. The van der Waals surface area contributed by atoms with E-state index < -0.39 is 11.4 Å². The fourth-order valence-corrected chi connectivity index (χ4v) is 4.20. The maximum Gasteiger partial charge on any atom is 0.314 e. The summed E-state index contributed by atoms with van der Waals surface area (Å²) in [7, 11) is 0. The fourth-order valence-electron chi connectivity index (χ4n) is 4.20. The van der Waals surface area contributed by atoms with Crippen molar-refractivity contribution in [1.82, 2.24) is 4.90 Å². The molecule has 1 aliphatic heterocycles. The topological polar surface area (TPSA) is 49.8 Å². The zero-order valence-corrected chi connectivity index (χ0v) is 17.0. The molecule has 2 aromatic rings. The van der Waals surface area contributed by atoms with Gasteiger partial charge in [-0.2, -0.15) is 0 Å². The molecule has 1 aliphatic rings. The van der Waals surface area contributed by atoms with Crippen molar-refractivity contribution in [2.24, 2.45) is 5.92 Å². The molecule has 4 nitrogen and oxygen atoms in total. The van der Waals surface area contributed by atoms with E-state index in [0.717, 1.165) is 55.6 Å². The normalized spacial score (nSPS) is 18.4. The van der Waals surface area contributed by atoms with E-state index in [1.54, 1.807) is 0 Å². The van der Waals surface area contributed by atoms with Crippen molar-refractivity contribution in [3.05, 3.63) is 48.0 Å². The highest BCUT2D eigenvalue weighted by molar-refractivity contribution is 5.93. The molecule has 2 atom stereocenters. The molecule has 2 aromatic carbocycles. The third-order valence-corrected chi connectivity index (χ3v) is 6.03. The minimum Gasteiger partial charge on any atom is -0.481 e. The number of benzene rings is 2. The Morgan fingerprint density at radius 2 is 1.85 bits per heavy atom. The van der Waals surface area contributed by atoms with Gasteiger partial charge in [-0.15, -0.1) is 12.4 Å². The molecule has 2 unspecified atom stereocenters. The van der Waals surface area contributed by atoms with E-state index in [1.165, 1.54) is 0 Å². The Morgan fingerprint density at radius 1 is 1.19 bits per heavy atom. The Balaban J connectivity index is 0.00000261. The van der Waals surface area contributed by atoms with Crippen molar-refractivity contribution >= 4 is 29.1 Å². The van der Waals surface area contributed by atoms with Crippen LogP contribution in [0.25, 0.3) is 10.8 Å². The van der Waals surface area contributed by atoms with Crippen molar-refractivity contribution in [1.29, 1.82) is 0 Å². The van der Waals surface area contributed by atoms with Gasteiger partial charge in [-0.05, 0) is 35.2 Å². The predicted molar refractivity (Wildman–Crippen MR) is 112 cm³/mol. The molecule has 1 N–H and O–H groups in total. The second-order valence-corrected chi connectivity index (χ2v) is 7.32. The standard InChI is InChI=1S/C22H29NO3.ClH/c1-3-17(2)22(21(24)25,11-12-23-13-15-26-16-14-23)20-10-6-8-18-7-4-5-9-19(18)20;/h4-10,17H,3,11-16H2,1-2H3,(H,24,25);1H. The number of ether oxygens (including phenoxy) is 1. The van der Waals surface area contributed by atoms with Gasteiger partial charge in [0.1, 0.15) is 0 Å². The number of carbonyl (C=O) groups is 1. The van der Waals surface area contributed by atoms with Crippen molar-refractivity contribution in [3.8, 4) is 0 Å². The summed E-state index contributed by atoms with van der Waals surface area (Å²) < 4.78 is 5.43. The summed E-state index contributed by atoms with van der Waals surface area (Å²) in [5.41, 5.74) is 0.0687. The van der Waals surface area contributed by atoms with Crippen molar-refractivity contribution in [3.63, 3.8) is 0 Å². The Kier molecular flexibility index (Phi) is 7.66. The summed E-state index contributed by atoms with van der Waals surface area (Å²) in [5, 5.41) is 12.6. The average Bonchev–Trinajstić information content (AvgIpc) is 2.68. The molecule has 0 radical (unpaired) electrons. The van der Waals surface area contributed by atoms with Gasteiger partial charge < -0.3 is 9.84 Å². The van der Waals surface area contributed by atoms with E-state index in [9.17, 15) is 9.90 Å². The second kappa shape index (κ2) is 9.54. The summed E-state index contributed by atoms with van der Waals surface area (Å²) >= 11 is 0. The maximum absolute atomic E-state index is 12.7. The number of nitrogens with zero attached hydrogens (tertiary/aromatic N) is 1. The van der Waals surface area contributed by atoms with E-state index in [0.29, 0.717) is 6.42 Å². The lowest BCUT2D eigenvalue weighted by Crippen LogP contribution is -2.46. The smallest absolute Gasteiger partial charge is 0.314 e. The van der Waals surface area contributed by atoms with Gasteiger partial charge in [0.05, 0.1) is 18.6 Å². The highest BCUT2D eigenvalue weighted by atomic mass is 35.5. The maximum atomic E-state index is 12.7. The van der Waals surface area contributed by atoms with Crippen molar-refractivity contribution in [2.45, 2.75) is 32.1 Å². The van der Waals surface area contributed by atoms with Crippen LogP contribution in [0.1, 0.15) is 32.3 Å². The number of carboxylic acid groups (broad SMARTS) is 1. The molecule has 5 heteroatoms. The first-order valence-corrected chi connectivity index (χ1v) is 9.61. The summed E-state index contributed by atoms with van der Waals surface area (Å²) in [6, 6.07) is 14.2. The monoisotopic (exact) mass is 391 g/mol. The molecule has 0 aliphatic carbocycles. The molecule has 1 saturated heterocycles. The van der Waals surface area contributed by atoms with Crippen LogP contribution in [0, 0.1) is 5.92 Å². The lowest BCUT2D eigenvalue weighted by Gasteiger charge is -2.38. The zero-order chi connectivity index (χ0) is 18.6. The molecule has 0 spiro atoms. The van der Waals surface area contributed by atoms with E-state index in [1.807, 2.05) is 24.3 Å². The largest absolute Gasteiger partial charge is 0.481 e. The third-order valence-electron chi connectivity index (χ3n) is 6.03. The fraction of sp³-hybridized carbons (Fsp3) is 0.500. The zero-order valence-electron chi connectivity index (χ0n) is 16.2. The summed E-state index contributed by atoms with van der Waals surface area (Å²) in [5.74, 6) is -0.664. The predicted octanol–water partition coefficient (Wildman–Crippen LogP) is 4.35. The number of hydrogen-bond acceptors (Lipinski definition) is 3. The molecule has 3 rings (SSSR count). The van der Waals surface area contributed by atoms with Gasteiger partial charge in [0.25, 0.3) is 0 Å². The van der Waals surface area contributed by atoms with Crippen LogP contribution in [0.2, 0.25) is 0 Å². The number of halogens is 1. The minimum absolute atomic E-state index is 0. The minimum atomic E-state index is -0.881. The Bertz CT molecular complexity index is 755. The lowest BCUT2D eigenvalue weighted by atomic mass is 9.66. The van der Waals surface area contributed by atoms with E-state index >= 15 is 0 Å².